The van der Waals surface area contributed by atoms with E-state index in [0.717, 1.165) is 5.52 Å². The molecule has 17 heavy (non-hydrogen) atoms. The molecule has 0 saturated carbocycles. The Hall–Kier alpha value is -1.95. The Morgan fingerprint density at radius 3 is 3.06 bits per heavy atom. The summed E-state index contributed by atoms with van der Waals surface area (Å²) in [5.74, 6) is -0.230. The molecule has 2 heterocycles. The average molecular weight is 248 g/mol. The van der Waals surface area contributed by atoms with Gasteiger partial charge in [-0.25, -0.2) is 4.52 Å². The molecule has 0 spiro atoms. The smallest absolute Gasteiger partial charge is 0.255 e. The first-order chi connectivity index (χ1) is 8.09. The monoisotopic (exact) mass is 248 g/mol. The molecule has 0 saturated heterocycles. The lowest BCUT2D eigenvalue weighted by Gasteiger charge is -2.11. The van der Waals surface area contributed by atoms with Crippen LogP contribution in [0.2, 0.25) is 0 Å². The second-order valence-corrected chi connectivity index (χ2v) is 4.16. The maximum absolute atomic E-state index is 12.0. The van der Waals surface area contributed by atoms with E-state index in [2.05, 4.69) is 10.4 Å². The van der Waals surface area contributed by atoms with E-state index in [1.54, 1.807) is 17.6 Å². The Morgan fingerprint density at radius 1 is 1.59 bits per heavy atom. The molecule has 2 rings (SSSR count). The number of hydrogen-bond acceptors (Lipinski definition) is 3. The van der Waals surface area contributed by atoms with Gasteiger partial charge in [0.25, 0.3) is 5.91 Å². The summed E-state index contributed by atoms with van der Waals surface area (Å²) < 4.78 is 1.64. The van der Waals surface area contributed by atoms with Crippen molar-refractivity contribution in [3.05, 3.63) is 36.2 Å². The number of fused-ring (bicyclic) bond motifs is 1. The van der Waals surface area contributed by atoms with Gasteiger partial charge < -0.3 is 11.1 Å². The van der Waals surface area contributed by atoms with Crippen LogP contribution in [-0.4, -0.2) is 26.6 Å². The lowest BCUT2D eigenvalue weighted by Crippen LogP contribution is -2.41. The number of amides is 1. The summed E-state index contributed by atoms with van der Waals surface area (Å²) in [6.07, 6.45) is 3.31. The van der Waals surface area contributed by atoms with Gasteiger partial charge in [-0.15, -0.1) is 0 Å². The van der Waals surface area contributed by atoms with Crippen LogP contribution in [0, 0.1) is 0 Å². The zero-order chi connectivity index (χ0) is 12.4. The number of thiocarbonyl (C=S) groups is 1. The quantitative estimate of drug-likeness (QED) is 0.786. The van der Waals surface area contributed by atoms with Gasteiger partial charge in [-0.2, -0.15) is 5.10 Å². The van der Waals surface area contributed by atoms with E-state index in [0.29, 0.717) is 5.56 Å². The second kappa shape index (κ2) is 4.50. The van der Waals surface area contributed by atoms with Crippen molar-refractivity contribution in [2.75, 3.05) is 0 Å². The van der Waals surface area contributed by atoms with Gasteiger partial charge in [0.1, 0.15) is 0 Å². The van der Waals surface area contributed by atoms with Crippen LogP contribution in [0.3, 0.4) is 0 Å². The van der Waals surface area contributed by atoms with Gasteiger partial charge in [-0.3, -0.25) is 4.79 Å². The van der Waals surface area contributed by atoms with E-state index in [1.165, 1.54) is 6.20 Å². The van der Waals surface area contributed by atoms with Crippen LogP contribution in [0.15, 0.2) is 30.6 Å². The summed E-state index contributed by atoms with van der Waals surface area (Å²) >= 11 is 4.80. The first-order valence-corrected chi connectivity index (χ1v) is 5.53. The molecule has 0 aliphatic carbocycles. The minimum Gasteiger partial charge on any atom is -0.392 e. The molecule has 6 heteroatoms. The molecule has 0 bridgehead atoms. The predicted molar refractivity (Wildman–Crippen MR) is 68.9 cm³/mol. The Bertz CT molecular complexity index is 578. The number of carbonyl (C=O) groups is 1. The van der Waals surface area contributed by atoms with Gasteiger partial charge in [0, 0.05) is 6.20 Å². The molecule has 0 aliphatic heterocycles. The highest BCUT2D eigenvalue weighted by molar-refractivity contribution is 7.80. The topological polar surface area (TPSA) is 72.4 Å². The number of hydrogen-bond donors (Lipinski definition) is 2. The summed E-state index contributed by atoms with van der Waals surface area (Å²) in [5, 5.41) is 6.80. The van der Waals surface area contributed by atoms with Crippen molar-refractivity contribution in [3.8, 4) is 0 Å². The first-order valence-electron chi connectivity index (χ1n) is 5.12. The Kier molecular flexibility index (Phi) is 3.06. The van der Waals surface area contributed by atoms with Crippen molar-refractivity contribution in [2.45, 2.75) is 13.0 Å². The van der Waals surface area contributed by atoms with Crippen LogP contribution >= 0.6 is 12.2 Å². The second-order valence-electron chi connectivity index (χ2n) is 3.69. The summed E-state index contributed by atoms with van der Waals surface area (Å²) in [7, 11) is 0. The molecule has 5 nitrogen and oxygen atoms in total. The SMILES string of the molecule is CC(NC(=O)c1cnn2ccccc12)C(N)=S. The van der Waals surface area contributed by atoms with E-state index in [9.17, 15) is 4.79 Å². The highest BCUT2D eigenvalue weighted by Crippen LogP contribution is 2.09. The fourth-order valence-electron chi connectivity index (χ4n) is 1.46. The number of aromatic nitrogens is 2. The zero-order valence-corrected chi connectivity index (χ0v) is 10.1. The lowest BCUT2D eigenvalue weighted by molar-refractivity contribution is 0.0951. The normalized spacial score (nSPS) is 12.3. The van der Waals surface area contributed by atoms with Crippen molar-refractivity contribution >= 4 is 28.6 Å². The maximum Gasteiger partial charge on any atom is 0.255 e. The Labute approximate surface area is 104 Å². The van der Waals surface area contributed by atoms with Crippen molar-refractivity contribution in [1.82, 2.24) is 14.9 Å². The van der Waals surface area contributed by atoms with Gasteiger partial charge in [0.2, 0.25) is 0 Å². The molecular weight excluding hydrogens is 236 g/mol. The number of rotatable bonds is 3. The summed E-state index contributed by atoms with van der Waals surface area (Å²) in [5.41, 5.74) is 6.70. The number of nitrogens with two attached hydrogens (primary N) is 1. The van der Waals surface area contributed by atoms with Gasteiger partial charge in [-0.05, 0) is 19.1 Å². The molecule has 2 aromatic heterocycles. The number of nitrogens with one attached hydrogen (secondary N) is 1. The van der Waals surface area contributed by atoms with E-state index < -0.39 is 0 Å². The third-order valence-corrected chi connectivity index (χ3v) is 2.80. The molecule has 1 unspecified atom stereocenters. The van der Waals surface area contributed by atoms with Gasteiger partial charge in [0.05, 0.1) is 28.3 Å². The molecule has 1 atom stereocenters. The summed E-state index contributed by atoms with van der Waals surface area (Å²) in [4.78, 5) is 12.2. The fourth-order valence-corrected chi connectivity index (χ4v) is 1.51. The van der Waals surface area contributed by atoms with Gasteiger partial charge in [0.15, 0.2) is 0 Å². The number of pyridine rings is 1. The highest BCUT2D eigenvalue weighted by atomic mass is 32.1. The van der Waals surface area contributed by atoms with Crippen LogP contribution in [0.4, 0.5) is 0 Å². The van der Waals surface area contributed by atoms with Crippen LogP contribution in [0.1, 0.15) is 17.3 Å². The van der Waals surface area contributed by atoms with E-state index >= 15 is 0 Å². The Balaban J connectivity index is 2.28. The number of nitrogens with zero attached hydrogens (tertiary/aromatic N) is 2. The van der Waals surface area contributed by atoms with Crippen molar-refractivity contribution in [3.63, 3.8) is 0 Å². The lowest BCUT2D eigenvalue weighted by atomic mass is 10.2. The maximum atomic E-state index is 12.0. The molecule has 0 fully saturated rings. The molecular formula is C11H12N4OS. The van der Waals surface area contributed by atoms with Crippen LogP contribution in [0.25, 0.3) is 5.52 Å². The largest absolute Gasteiger partial charge is 0.392 e. The van der Waals surface area contributed by atoms with Crippen molar-refractivity contribution in [1.29, 1.82) is 0 Å². The van der Waals surface area contributed by atoms with Gasteiger partial charge >= 0.3 is 0 Å². The summed E-state index contributed by atoms with van der Waals surface area (Å²) in [6.45, 7) is 1.74. The molecule has 0 aromatic carbocycles. The number of carbonyl (C=O) groups excluding carboxylic acids is 1. The zero-order valence-electron chi connectivity index (χ0n) is 9.25. The summed E-state index contributed by atoms with van der Waals surface area (Å²) in [6, 6.07) is 5.19. The van der Waals surface area contributed by atoms with E-state index in [4.69, 9.17) is 18.0 Å². The van der Waals surface area contributed by atoms with Crippen molar-refractivity contribution < 1.29 is 4.79 Å². The van der Waals surface area contributed by atoms with Gasteiger partial charge in [-0.1, -0.05) is 18.3 Å². The average Bonchev–Trinajstić information content (AvgIpc) is 2.72. The van der Waals surface area contributed by atoms with Crippen molar-refractivity contribution in [2.24, 2.45) is 5.73 Å². The molecule has 0 radical (unpaired) electrons. The predicted octanol–water partition coefficient (Wildman–Crippen LogP) is 0.739. The third-order valence-electron chi connectivity index (χ3n) is 2.45. The molecule has 0 aliphatic rings. The molecule has 1 amide bonds. The standard InChI is InChI=1S/C11H12N4OS/c1-7(10(12)17)14-11(16)8-6-13-15-5-3-2-4-9(8)15/h2-7H,1H3,(H2,12,17)(H,14,16). The van der Waals surface area contributed by atoms with E-state index in [-0.39, 0.29) is 16.9 Å². The highest BCUT2D eigenvalue weighted by Gasteiger charge is 2.15. The Morgan fingerprint density at radius 2 is 2.35 bits per heavy atom. The van der Waals surface area contributed by atoms with Crippen LogP contribution in [-0.2, 0) is 0 Å². The minimum atomic E-state index is -0.337. The third kappa shape index (κ3) is 2.26. The molecule has 3 N–H and O–H groups in total. The molecule has 2 aromatic rings. The van der Waals surface area contributed by atoms with Crippen LogP contribution in [0.5, 0.6) is 0 Å². The van der Waals surface area contributed by atoms with Crippen LogP contribution < -0.4 is 11.1 Å². The molecule has 88 valence electrons. The minimum absolute atomic E-state index is 0.230. The fraction of sp³-hybridized carbons (Fsp3) is 0.182. The first kappa shape index (κ1) is 11.5. The van der Waals surface area contributed by atoms with E-state index in [1.807, 2.05) is 18.2 Å².